The molecule has 3 N–H and O–H groups in total. The zero-order valence-corrected chi connectivity index (χ0v) is 33.4. The summed E-state index contributed by atoms with van der Waals surface area (Å²) in [5.74, 6) is -1.83. The quantitative estimate of drug-likeness (QED) is 0.132. The van der Waals surface area contributed by atoms with E-state index in [1.165, 1.54) is 19.3 Å². The van der Waals surface area contributed by atoms with E-state index in [4.69, 9.17) is 33.2 Å². The first-order chi connectivity index (χ1) is 26.4. The van der Waals surface area contributed by atoms with Crippen LogP contribution < -0.4 is 0 Å². The molecule has 0 radical (unpaired) electrons. The number of methoxy groups -OCH3 is 1. The topological polar surface area (TPSA) is 155 Å². The molecule has 12 nitrogen and oxygen atoms in total. The Balaban J connectivity index is 1.25. The van der Waals surface area contributed by atoms with Gasteiger partial charge in [-0.15, -0.1) is 0 Å². The zero-order chi connectivity index (χ0) is 39.1. The Morgan fingerprint density at radius 3 is 2.55 bits per heavy atom. The first-order valence-electron chi connectivity index (χ1n) is 20.7. The summed E-state index contributed by atoms with van der Waals surface area (Å²) in [6.07, 6.45) is 14.4. The van der Waals surface area contributed by atoms with Crippen molar-refractivity contribution in [2.75, 3.05) is 13.7 Å². The van der Waals surface area contributed by atoms with Crippen LogP contribution >= 0.6 is 0 Å². The van der Waals surface area contributed by atoms with Gasteiger partial charge in [0.2, 0.25) is 0 Å². The van der Waals surface area contributed by atoms with E-state index in [-0.39, 0.29) is 30.4 Å². The van der Waals surface area contributed by atoms with Crippen LogP contribution in [0, 0.1) is 23.7 Å². The zero-order valence-electron chi connectivity index (χ0n) is 33.4. The van der Waals surface area contributed by atoms with E-state index < -0.39 is 66.2 Å². The summed E-state index contributed by atoms with van der Waals surface area (Å²) < 4.78 is 45.1. The van der Waals surface area contributed by atoms with Crippen LogP contribution in [-0.2, 0) is 38.0 Å². The molecule has 1 spiro atoms. The van der Waals surface area contributed by atoms with Crippen molar-refractivity contribution < 1.29 is 53.4 Å². The van der Waals surface area contributed by atoms with Gasteiger partial charge in [0.1, 0.15) is 35.5 Å². The molecule has 5 heterocycles. The first-order valence-corrected chi connectivity index (χ1v) is 20.7. The summed E-state index contributed by atoms with van der Waals surface area (Å²) in [5, 5.41) is 36.7. The Labute approximate surface area is 325 Å². The van der Waals surface area contributed by atoms with Crippen LogP contribution in [0.3, 0.4) is 0 Å². The number of esters is 1. The van der Waals surface area contributed by atoms with E-state index in [9.17, 15) is 20.2 Å². The molecule has 2 bridgehead atoms. The average Bonchev–Trinajstić information content (AvgIpc) is 3.50. The molecule has 2 aliphatic carbocycles. The molecule has 1 saturated carbocycles. The van der Waals surface area contributed by atoms with Crippen molar-refractivity contribution in [3.63, 3.8) is 0 Å². The van der Waals surface area contributed by atoms with E-state index in [0.717, 1.165) is 24.8 Å². The van der Waals surface area contributed by atoms with Crippen LogP contribution in [0.15, 0.2) is 52.3 Å². The van der Waals surface area contributed by atoms with Crippen molar-refractivity contribution in [3.05, 3.63) is 47.1 Å². The number of rotatable bonds is 4. The van der Waals surface area contributed by atoms with Crippen LogP contribution in [0.25, 0.3) is 0 Å². The molecule has 12 heteroatoms. The second kappa shape index (κ2) is 16.8. The van der Waals surface area contributed by atoms with Gasteiger partial charge in [-0.1, -0.05) is 68.6 Å². The normalized spacial score (nSPS) is 47.9. The molecule has 4 saturated heterocycles. The van der Waals surface area contributed by atoms with Gasteiger partial charge in [-0.25, -0.2) is 0 Å². The number of carbonyl (C=O) groups excluding carboxylic acids is 1. The fourth-order valence-corrected chi connectivity index (χ4v) is 10.4. The molecule has 7 rings (SSSR count). The number of oxime groups is 1. The first kappa shape index (κ1) is 40.8. The predicted octanol–water partition coefficient (Wildman–Crippen LogP) is 6.07. The van der Waals surface area contributed by atoms with Gasteiger partial charge in [-0.2, -0.15) is 0 Å². The maximum atomic E-state index is 14.4. The van der Waals surface area contributed by atoms with Crippen molar-refractivity contribution in [1.29, 1.82) is 0 Å². The average molecular weight is 770 g/mol. The van der Waals surface area contributed by atoms with Gasteiger partial charge in [-0.05, 0) is 75.0 Å². The molecular formula is C43H63NO11. The number of aliphatic hydroxyl groups excluding tert-OH is 1. The maximum absolute atomic E-state index is 14.4. The van der Waals surface area contributed by atoms with Crippen molar-refractivity contribution >= 4 is 11.7 Å². The van der Waals surface area contributed by atoms with Gasteiger partial charge >= 0.3 is 5.97 Å². The number of allylic oxidation sites excluding steroid dienone is 2. The molecule has 0 amide bonds. The number of fused-ring (bicyclic) bond motifs is 2. The molecule has 14 atom stereocenters. The third kappa shape index (κ3) is 8.17. The molecule has 0 aromatic carbocycles. The lowest BCUT2D eigenvalue weighted by Crippen LogP contribution is -2.57. The van der Waals surface area contributed by atoms with Crippen LogP contribution in [0.4, 0.5) is 0 Å². The number of hydrogen-bond donors (Lipinski definition) is 3. The van der Waals surface area contributed by atoms with Crippen LogP contribution in [0.2, 0.25) is 0 Å². The lowest BCUT2D eigenvalue weighted by atomic mass is 9.71. The molecule has 0 aromatic heterocycles. The molecular weight excluding hydrogens is 706 g/mol. The molecule has 306 valence electrons. The van der Waals surface area contributed by atoms with Gasteiger partial charge in [0, 0.05) is 38.7 Å². The van der Waals surface area contributed by atoms with Gasteiger partial charge in [-0.3, -0.25) is 4.79 Å². The molecule has 5 fully saturated rings. The van der Waals surface area contributed by atoms with Gasteiger partial charge in [0.15, 0.2) is 12.1 Å². The molecule has 5 aliphatic heterocycles. The highest BCUT2D eigenvalue weighted by molar-refractivity contribution is 6.06. The highest BCUT2D eigenvalue weighted by Gasteiger charge is 2.60. The lowest BCUT2D eigenvalue weighted by molar-refractivity contribution is -0.342. The van der Waals surface area contributed by atoms with Crippen molar-refractivity contribution in [2.45, 2.75) is 172 Å². The SMILES string of the molecule is CO[C@H]1C[C@H](O[C@@H]2/C(C)=C/C[C@@H]3C[C@@H](C[C@]4(CC[C@H](C)[C@@H](C5CCCCC5)O4)O3)OC(=O)[C@@H]3C=C(C)C(=NO)[C@H]4OC/C(=C\C=C\[C@@H]2C)[C@]43O)O[C@@H](C)[C@@H]1O. The number of ether oxygens (including phenoxy) is 7. The summed E-state index contributed by atoms with van der Waals surface area (Å²) in [6, 6.07) is 0. The summed E-state index contributed by atoms with van der Waals surface area (Å²) in [5.41, 5.74) is 0.362. The highest BCUT2D eigenvalue weighted by Crippen LogP contribution is 2.48. The van der Waals surface area contributed by atoms with Crippen LogP contribution in [-0.4, -0.2) is 107 Å². The third-order valence-electron chi connectivity index (χ3n) is 13.6. The van der Waals surface area contributed by atoms with E-state index >= 15 is 0 Å². The monoisotopic (exact) mass is 769 g/mol. The van der Waals surface area contributed by atoms with Crippen LogP contribution in [0.5, 0.6) is 0 Å². The Morgan fingerprint density at radius 1 is 1.02 bits per heavy atom. The maximum Gasteiger partial charge on any atom is 0.316 e. The Morgan fingerprint density at radius 2 is 1.80 bits per heavy atom. The molecule has 7 aliphatic rings. The summed E-state index contributed by atoms with van der Waals surface area (Å²) in [4.78, 5) is 14.4. The fourth-order valence-electron chi connectivity index (χ4n) is 10.4. The minimum Gasteiger partial charge on any atom is -0.462 e. The fraction of sp³-hybridized carbons (Fsp3) is 0.767. The number of aliphatic hydroxyl groups is 2. The minimum absolute atomic E-state index is 0.0359. The Hall–Kier alpha value is -2.42. The van der Waals surface area contributed by atoms with Crippen molar-refractivity contribution in [3.8, 4) is 0 Å². The van der Waals surface area contributed by atoms with Gasteiger partial charge < -0.3 is 48.6 Å². The highest BCUT2D eigenvalue weighted by atomic mass is 16.7. The Bertz CT molecular complexity index is 1550. The second-order valence-corrected chi connectivity index (χ2v) is 17.4. The van der Waals surface area contributed by atoms with Gasteiger partial charge in [0.25, 0.3) is 0 Å². The lowest BCUT2D eigenvalue weighted by Gasteiger charge is -2.51. The number of nitrogens with zero attached hydrogens (tertiary/aromatic N) is 1. The smallest absolute Gasteiger partial charge is 0.316 e. The van der Waals surface area contributed by atoms with E-state index in [2.05, 4.69) is 32.0 Å². The standard InChI is InChI=1S/C43H63NO11/c1-24-11-10-14-30-23-50-40-36(44-48)27(4)19-33(43(30,40)47)41(46)52-32-20-31(16-15-25(2)38(24)53-35-21-34(49-6)37(45)28(5)51-35)54-42(22-32)18-17-26(3)39(55-42)29-12-8-7-9-13-29/h10-11,14-15,19,24,26,28-29,31-35,37-40,45,47-48H,7-9,12-13,16-18,20-23H2,1-6H3/b11-10+,25-15+,30-14+,44-36?/t24-,26-,28-,31+,32-,33-,34-,35-,37-,38-,39-,40+,42+,43+/m0/s1. The summed E-state index contributed by atoms with van der Waals surface area (Å²) in [6.45, 7) is 10.0. The number of carbonyl (C=O) groups is 1. The Kier molecular flexibility index (Phi) is 12.5. The van der Waals surface area contributed by atoms with E-state index in [1.807, 2.05) is 19.1 Å². The summed E-state index contributed by atoms with van der Waals surface area (Å²) >= 11 is 0. The van der Waals surface area contributed by atoms with Crippen molar-refractivity contribution in [1.82, 2.24) is 0 Å². The second-order valence-electron chi connectivity index (χ2n) is 17.4. The minimum atomic E-state index is -1.83. The van der Waals surface area contributed by atoms with Crippen molar-refractivity contribution in [2.24, 2.45) is 28.8 Å². The molecule has 0 aromatic rings. The van der Waals surface area contributed by atoms with Crippen LogP contribution in [0.1, 0.15) is 105 Å². The largest absolute Gasteiger partial charge is 0.462 e. The predicted molar refractivity (Wildman–Crippen MR) is 203 cm³/mol. The van der Waals surface area contributed by atoms with Gasteiger partial charge in [0.05, 0.1) is 37.1 Å². The third-order valence-corrected chi connectivity index (χ3v) is 13.6. The molecule has 0 unspecified atom stereocenters. The van der Waals surface area contributed by atoms with E-state index in [0.29, 0.717) is 55.1 Å². The summed E-state index contributed by atoms with van der Waals surface area (Å²) in [7, 11) is 1.59. The molecule has 55 heavy (non-hydrogen) atoms. The van der Waals surface area contributed by atoms with E-state index in [1.54, 1.807) is 26.2 Å². The number of hydrogen-bond acceptors (Lipinski definition) is 12.